The van der Waals surface area contributed by atoms with E-state index in [2.05, 4.69) is 10.4 Å². The van der Waals surface area contributed by atoms with Gasteiger partial charge in [-0.15, -0.1) is 0 Å². The molecular weight excluding hydrogens is 325 g/mol. The normalized spacial score (nSPS) is 18.0. The summed E-state index contributed by atoms with van der Waals surface area (Å²) in [5.74, 6) is 0. The predicted molar refractivity (Wildman–Crippen MR) is 79.8 cm³/mol. The number of urea groups is 1. The van der Waals surface area contributed by atoms with E-state index in [1.165, 1.54) is 34.1 Å². The zero-order chi connectivity index (χ0) is 17.3. The minimum absolute atomic E-state index is 0.277. The molecule has 9 heteroatoms. The molecule has 2 N–H and O–H groups in total. The lowest BCUT2D eigenvalue weighted by atomic mass is 10.2. The molecule has 1 fully saturated rings. The van der Waals surface area contributed by atoms with E-state index in [9.17, 15) is 23.1 Å². The molecule has 1 aromatic heterocycles. The smallest absolute Gasteiger partial charge is 0.391 e. The molecular formula is C15H15F3N4O2. The second kappa shape index (κ2) is 6.16. The first-order valence-electron chi connectivity index (χ1n) is 7.29. The Morgan fingerprint density at radius 2 is 2.00 bits per heavy atom. The number of alkyl halides is 3. The van der Waals surface area contributed by atoms with E-state index in [1.807, 2.05) is 0 Å². The van der Waals surface area contributed by atoms with Gasteiger partial charge < -0.3 is 15.3 Å². The lowest BCUT2D eigenvalue weighted by Gasteiger charge is -2.15. The Morgan fingerprint density at radius 3 is 2.58 bits per heavy atom. The number of aliphatic hydroxyl groups is 1. The molecule has 2 heterocycles. The van der Waals surface area contributed by atoms with Crippen molar-refractivity contribution in [1.29, 1.82) is 0 Å². The number of hydrogen-bond donors (Lipinski definition) is 2. The molecule has 1 aliphatic rings. The minimum atomic E-state index is -4.39. The van der Waals surface area contributed by atoms with E-state index >= 15 is 0 Å². The van der Waals surface area contributed by atoms with E-state index in [0.29, 0.717) is 24.3 Å². The van der Waals surface area contributed by atoms with E-state index in [-0.39, 0.29) is 12.6 Å². The fourth-order valence-electron chi connectivity index (χ4n) is 2.46. The van der Waals surface area contributed by atoms with Crippen LogP contribution in [0.2, 0.25) is 0 Å². The first-order valence-corrected chi connectivity index (χ1v) is 7.29. The SMILES string of the molecule is O=C(Nc1cnn(-c2ccc(C(F)(F)F)cc2)c1)N1CC[C@H](O)C1. The van der Waals surface area contributed by atoms with Crippen LogP contribution in [0.5, 0.6) is 0 Å². The lowest BCUT2D eigenvalue weighted by molar-refractivity contribution is -0.137. The molecule has 0 bridgehead atoms. The molecule has 128 valence electrons. The van der Waals surface area contributed by atoms with Gasteiger partial charge >= 0.3 is 12.2 Å². The van der Waals surface area contributed by atoms with Crippen molar-refractivity contribution in [1.82, 2.24) is 14.7 Å². The number of hydrogen-bond acceptors (Lipinski definition) is 3. The van der Waals surface area contributed by atoms with Crippen LogP contribution in [-0.2, 0) is 6.18 Å². The monoisotopic (exact) mass is 340 g/mol. The number of nitrogens with zero attached hydrogens (tertiary/aromatic N) is 3. The highest BCUT2D eigenvalue weighted by atomic mass is 19.4. The second-order valence-electron chi connectivity index (χ2n) is 5.54. The Balaban J connectivity index is 1.68. The number of anilines is 1. The number of β-amino-alcohol motifs (C(OH)–C–C–N with tert-alkyl or cyclic N) is 1. The number of rotatable bonds is 2. The summed E-state index contributed by atoms with van der Waals surface area (Å²) < 4.78 is 39.0. The summed E-state index contributed by atoms with van der Waals surface area (Å²) in [6, 6.07) is 4.21. The molecule has 2 aromatic rings. The summed E-state index contributed by atoms with van der Waals surface area (Å²) in [5, 5.41) is 16.1. The number of aliphatic hydroxyl groups excluding tert-OH is 1. The van der Waals surface area contributed by atoms with E-state index in [0.717, 1.165) is 12.1 Å². The van der Waals surface area contributed by atoms with Crippen molar-refractivity contribution in [2.24, 2.45) is 0 Å². The number of aromatic nitrogens is 2. The standard InChI is InChI=1S/C15H15F3N4O2/c16-15(17,18)10-1-3-12(4-2-10)22-8-11(7-19-22)20-14(24)21-6-5-13(23)9-21/h1-4,7-8,13,23H,5-6,9H2,(H,20,24)/t13-/m0/s1. The fourth-order valence-corrected chi connectivity index (χ4v) is 2.46. The Hall–Kier alpha value is -2.55. The Morgan fingerprint density at radius 1 is 1.29 bits per heavy atom. The van der Waals surface area contributed by atoms with Gasteiger partial charge in [0.05, 0.1) is 35.4 Å². The summed E-state index contributed by atoms with van der Waals surface area (Å²) in [7, 11) is 0. The third kappa shape index (κ3) is 3.51. The summed E-state index contributed by atoms with van der Waals surface area (Å²) in [6.07, 6.45) is -1.44. The van der Waals surface area contributed by atoms with Crippen LogP contribution in [0.25, 0.3) is 5.69 Å². The van der Waals surface area contributed by atoms with Gasteiger partial charge in [0.15, 0.2) is 0 Å². The van der Waals surface area contributed by atoms with Crippen LogP contribution >= 0.6 is 0 Å². The van der Waals surface area contributed by atoms with Gasteiger partial charge in [0, 0.05) is 13.1 Å². The predicted octanol–water partition coefficient (Wildman–Crippen LogP) is 2.49. The number of carbonyl (C=O) groups excluding carboxylic acids is 1. The van der Waals surface area contributed by atoms with Crippen molar-refractivity contribution in [2.45, 2.75) is 18.7 Å². The van der Waals surface area contributed by atoms with Crippen LogP contribution in [0.3, 0.4) is 0 Å². The maximum atomic E-state index is 12.6. The van der Waals surface area contributed by atoms with Crippen LogP contribution in [0.4, 0.5) is 23.7 Å². The molecule has 0 saturated carbocycles. The minimum Gasteiger partial charge on any atom is -0.391 e. The number of benzene rings is 1. The second-order valence-corrected chi connectivity index (χ2v) is 5.54. The molecule has 0 spiro atoms. The molecule has 1 aromatic carbocycles. The number of carbonyl (C=O) groups is 1. The van der Waals surface area contributed by atoms with Gasteiger partial charge in [-0.05, 0) is 30.7 Å². The molecule has 0 aliphatic carbocycles. The Bertz CT molecular complexity index is 727. The molecule has 0 radical (unpaired) electrons. The van der Waals surface area contributed by atoms with Crippen LogP contribution in [0.1, 0.15) is 12.0 Å². The molecule has 1 atom stereocenters. The molecule has 6 nitrogen and oxygen atoms in total. The molecule has 3 rings (SSSR count). The number of likely N-dealkylation sites (tertiary alicyclic amines) is 1. The van der Waals surface area contributed by atoms with Crippen molar-refractivity contribution in [3.63, 3.8) is 0 Å². The average Bonchev–Trinajstić information content (AvgIpc) is 3.16. The molecule has 1 saturated heterocycles. The van der Waals surface area contributed by atoms with Gasteiger partial charge in [-0.2, -0.15) is 18.3 Å². The topological polar surface area (TPSA) is 70.4 Å². The highest BCUT2D eigenvalue weighted by Crippen LogP contribution is 2.29. The Labute approximate surface area is 135 Å². The molecule has 24 heavy (non-hydrogen) atoms. The van der Waals surface area contributed by atoms with Crippen LogP contribution in [-0.4, -0.2) is 45.0 Å². The van der Waals surface area contributed by atoms with Crippen LogP contribution < -0.4 is 5.32 Å². The number of nitrogens with one attached hydrogen (secondary N) is 1. The van der Waals surface area contributed by atoms with Gasteiger partial charge in [0.2, 0.25) is 0 Å². The van der Waals surface area contributed by atoms with Crippen molar-refractivity contribution < 1.29 is 23.1 Å². The number of amides is 2. The lowest BCUT2D eigenvalue weighted by Crippen LogP contribution is -2.33. The van der Waals surface area contributed by atoms with E-state index in [4.69, 9.17) is 0 Å². The van der Waals surface area contributed by atoms with Gasteiger partial charge in [0.1, 0.15) is 0 Å². The maximum absolute atomic E-state index is 12.6. The van der Waals surface area contributed by atoms with Crippen molar-refractivity contribution in [2.75, 3.05) is 18.4 Å². The molecule has 0 unspecified atom stereocenters. The van der Waals surface area contributed by atoms with Crippen molar-refractivity contribution >= 4 is 11.7 Å². The van der Waals surface area contributed by atoms with Crippen LogP contribution in [0.15, 0.2) is 36.7 Å². The van der Waals surface area contributed by atoms with E-state index in [1.54, 1.807) is 0 Å². The molecule has 2 amide bonds. The highest BCUT2D eigenvalue weighted by Gasteiger charge is 2.30. The largest absolute Gasteiger partial charge is 0.416 e. The maximum Gasteiger partial charge on any atom is 0.416 e. The summed E-state index contributed by atoms with van der Waals surface area (Å²) in [6.45, 7) is 0.749. The summed E-state index contributed by atoms with van der Waals surface area (Å²) >= 11 is 0. The molecule has 1 aliphatic heterocycles. The first-order chi connectivity index (χ1) is 11.3. The zero-order valence-electron chi connectivity index (χ0n) is 12.5. The van der Waals surface area contributed by atoms with Crippen molar-refractivity contribution in [3.05, 3.63) is 42.2 Å². The van der Waals surface area contributed by atoms with Gasteiger partial charge in [-0.3, -0.25) is 0 Å². The average molecular weight is 340 g/mol. The van der Waals surface area contributed by atoms with E-state index < -0.39 is 17.8 Å². The fraction of sp³-hybridized carbons (Fsp3) is 0.333. The van der Waals surface area contributed by atoms with Crippen LogP contribution in [0, 0.1) is 0 Å². The van der Waals surface area contributed by atoms with Gasteiger partial charge in [0.25, 0.3) is 0 Å². The zero-order valence-corrected chi connectivity index (χ0v) is 12.5. The third-order valence-corrected chi connectivity index (χ3v) is 3.74. The highest BCUT2D eigenvalue weighted by molar-refractivity contribution is 5.89. The quantitative estimate of drug-likeness (QED) is 0.882. The first kappa shape index (κ1) is 16.3. The Kier molecular flexibility index (Phi) is 4.18. The number of halogens is 3. The summed E-state index contributed by atoms with van der Waals surface area (Å²) in [5.41, 5.74) is 0.126. The van der Waals surface area contributed by atoms with Crippen molar-refractivity contribution in [3.8, 4) is 5.69 Å². The summed E-state index contributed by atoms with van der Waals surface area (Å²) in [4.78, 5) is 13.5. The van der Waals surface area contributed by atoms with Gasteiger partial charge in [-0.1, -0.05) is 0 Å². The van der Waals surface area contributed by atoms with Gasteiger partial charge in [-0.25, -0.2) is 9.48 Å². The third-order valence-electron chi connectivity index (χ3n) is 3.74.